The van der Waals surface area contributed by atoms with Crippen molar-refractivity contribution in [3.8, 4) is 17.6 Å². The third-order valence-corrected chi connectivity index (χ3v) is 3.64. The number of carbonyl (C=O) groups is 2. The molecule has 1 amide bonds. The van der Waals surface area contributed by atoms with Crippen molar-refractivity contribution in [3.63, 3.8) is 0 Å². The first-order valence-corrected chi connectivity index (χ1v) is 7.66. The van der Waals surface area contributed by atoms with E-state index in [1.54, 1.807) is 31.2 Å². The number of aryl methyl sites for hydroxylation is 1. The number of amides is 1. The predicted molar refractivity (Wildman–Crippen MR) is 95.4 cm³/mol. The maximum absolute atomic E-state index is 12.2. The van der Waals surface area contributed by atoms with Gasteiger partial charge in [0.15, 0.2) is 5.78 Å². The molecule has 0 unspecified atom stereocenters. The van der Waals surface area contributed by atoms with Crippen molar-refractivity contribution in [1.82, 2.24) is 0 Å². The van der Waals surface area contributed by atoms with Gasteiger partial charge in [0.25, 0.3) is 5.91 Å². The van der Waals surface area contributed by atoms with Crippen LogP contribution < -0.4 is 14.8 Å². The minimum atomic E-state index is -0.518. The van der Waals surface area contributed by atoms with E-state index in [1.807, 2.05) is 6.07 Å². The molecule has 0 atom stereocenters. The number of carbonyl (C=O) groups excluding carboxylic acids is 2. The Labute approximate surface area is 150 Å². The van der Waals surface area contributed by atoms with Crippen molar-refractivity contribution >= 4 is 23.7 Å². The number of hydrogen-bond acceptors (Lipinski definition) is 6. The Morgan fingerprint density at radius 3 is 2.58 bits per heavy atom. The van der Waals surface area contributed by atoms with Crippen molar-refractivity contribution in [3.05, 3.63) is 46.7 Å². The summed E-state index contributed by atoms with van der Waals surface area (Å²) in [5.41, 5.74) is 0.819. The normalized spacial score (nSPS) is 10.4. The molecule has 2 aromatic rings. The van der Waals surface area contributed by atoms with E-state index in [0.717, 1.165) is 0 Å². The van der Waals surface area contributed by atoms with Gasteiger partial charge in [-0.05, 0) is 38.1 Å². The highest BCUT2D eigenvalue weighted by Gasteiger charge is 2.21. The summed E-state index contributed by atoms with van der Waals surface area (Å²) in [6, 6.07) is 7.07. The van der Waals surface area contributed by atoms with Gasteiger partial charge in [-0.1, -0.05) is 0 Å². The smallest absolute Gasteiger partial charge is 0.250 e. The lowest BCUT2D eigenvalue weighted by atomic mass is 10.1. The fraction of sp³-hybridized carbons (Fsp3) is 0.211. The van der Waals surface area contributed by atoms with Gasteiger partial charge in [0.1, 0.15) is 28.9 Å². The number of nitrogens with zero attached hydrogens (tertiary/aromatic N) is 1. The second kappa shape index (κ2) is 8.03. The quantitative estimate of drug-likeness (QED) is 0.631. The molecule has 1 heterocycles. The van der Waals surface area contributed by atoms with Gasteiger partial charge in [0, 0.05) is 11.6 Å². The standard InChI is InChI=1S/C19H18N2O5/c1-11(22)18-12(2)26-19(15(18)10-20)21-17(23)8-5-13-9-14(24-3)6-7-16(13)25-4/h5-9H,1-4H3,(H,21,23)/b8-5+. The molecule has 0 saturated heterocycles. The summed E-state index contributed by atoms with van der Waals surface area (Å²) in [6.45, 7) is 2.89. The third-order valence-electron chi connectivity index (χ3n) is 3.64. The summed E-state index contributed by atoms with van der Waals surface area (Å²) in [6.07, 6.45) is 2.81. The minimum Gasteiger partial charge on any atom is -0.497 e. The van der Waals surface area contributed by atoms with Crippen LogP contribution in [0.2, 0.25) is 0 Å². The van der Waals surface area contributed by atoms with Crippen LogP contribution in [0, 0.1) is 18.3 Å². The highest BCUT2D eigenvalue weighted by atomic mass is 16.5. The molecule has 134 valence electrons. The highest BCUT2D eigenvalue weighted by Crippen LogP contribution is 2.27. The maximum atomic E-state index is 12.2. The van der Waals surface area contributed by atoms with E-state index in [2.05, 4.69) is 5.32 Å². The number of ketones is 1. The van der Waals surface area contributed by atoms with Gasteiger partial charge in [-0.2, -0.15) is 5.26 Å². The molecule has 0 aliphatic heterocycles. The number of methoxy groups -OCH3 is 2. The van der Waals surface area contributed by atoms with Crippen molar-refractivity contribution in [2.45, 2.75) is 13.8 Å². The van der Waals surface area contributed by atoms with Crippen molar-refractivity contribution in [2.24, 2.45) is 0 Å². The molecule has 7 heteroatoms. The molecule has 0 radical (unpaired) electrons. The Hall–Kier alpha value is -3.53. The number of furan rings is 1. The van der Waals surface area contributed by atoms with Crippen LogP contribution in [0.4, 0.5) is 5.88 Å². The summed E-state index contributed by atoms with van der Waals surface area (Å²) in [4.78, 5) is 23.8. The second-order valence-corrected chi connectivity index (χ2v) is 5.34. The van der Waals surface area contributed by atoms with Gasteiger partial charge < -0.3 is 13.9 Å². The fourth-order valence-corrected chi connectivity index (χ4v) is 2.45. The summed E-state index contributed by atoms with van der Waals surface area (Å²) < 4.78 is 15.7. The first-order chi connectivity index (χ1) is 12.4. The molecule has 0 aliphatic rings. The fourth-order valence-electron chi connectivity index (χ4n) is 2.45. The monoisotopic (exact) mass is 354 g/mol. The minimum absolute atomic E-state index is 0.00992. The van der Waals surface area contributed by atoms with Crippen molar-refractivity contribution in [2.75, 3.05) is 19.5 Å². The number of Topliss-reactive ketones (excluding diaryl/α,β-unsaturated/α-hetero) is 1. The van der Waals surface area contributed by atoms with Crippen LogP contribution >= 0.6 is 0 Å². The molecule has 2 rings (SSSR count). The van der Waals surface area contributed by atoms with Gasteiger partial charge in [-0.3, -0.25) is 14.9 Å². The van der Waals surface area contributed by atoms with Gasteiger partial charge in [0.05, 0.1) is 19.8 Å². The molecule has 1 aromatic carbocycles. The summed E-state index contributed by atoms with van der Waals surface area (Å²) in [7, 11) is 3.06. The molecule has 0 saturated carbocycles. The molecule has 7 nitrogen and oxygen atoms in total. The van der Waals surface area contributed by atoms with Crippen LogP contribution in [0.3, 0.4) is 0 Å². The van der Waals surface area contributed by atoms with Gasteiger partial charge in [-0.25, -0.2) is 0 Å². The molecule has 26 heavy (non-hydrogen) atoms. The molecule has 0 fully saturated rings. The lowest BCUT2D eigenvalue weighted by Gasteiger charge is -2.07. The van der Waals surface area contributed by atoms with Gasteiger partial charge in [0.2, 0.25) is 5.88 Å². The first-order valence-electron chi connectivity index (χ1n) is 7.66. The van der Waals surface area contributed by atoms with E-state index in [1.165, 1.54) is 27.2 Å². The van der Waals surface area contributed by atoms with E-state index in [4.69, 9.17) is 13.9 Å². The molecule has 0 aliphatic carbocycles. The Bertz CT molecular complexity index is 919. The van der Waals surface area contributed by atoms with E-state index < -0.39 is 5.91 Å². The molecular weight excluding hydrogens is 336 g/mol. The molecule has 1 aromatic heterocycles. The zero-order chi connectivity index (χ0) is 19.3. The second-order valence-electron chi connectivity index (χ2n) is 5.34. The maximum Gasteiger partial charge on any atom is 0.250 e. The average Bonchev–Trinajstić information content (AvgIpc) is 2.94. The van der Waals surface area contributed by atoms with Crippen LogP contribution in [0.25, 0.3) is 6.08 Å². The van der Waals surface area contributed by atoms with E-state index >= 15 is 0 Å². The topological polar surface area (TPSA) is 102 Å². The number of benzene rings is 1. The number of anilines is 1. The van der Waals surface area contributed by atoms with Crippen molar-refractivity contribution in [1.29, 1.82) is 5.26 Å². The number of nitrogens with one attached hydrogen (secondary N) is 1. The highest BCUT2D eigenvalue weighted by molar-refractivity contribution is 6.04. The average molecular weight is 354 g/mol. The van der Waals surface area contributed by atoms with E-state index in [-0.39, 0.29) is 28.6 Å². The zero-order valence-electron chi connectivity index (χ0n) is 14.9. The molecule has 1 N–H and O–H groups in total. The van der Waals surface area contributed by atoms with E-state index in [9.17, 15) is 14.9 Å². The Morgan fingerprint density at radius 2 is 2.00 bits per heavy atom. The zero-order valence-corrected chi connectivity index (χ0v) is 14.9. The number of ether oxygens (including phenoxy) is 2. The van der Waals surface area contributed by atoms with Crippen LogP contribution in [-0.2, 0) is 4.79 Å². The van der Waals surface area contributed by atoms with Crippen LogP contribution in [0.1, 0.15) is 34.2 Å². The number of rotatable bonds is 6. The lowest BCUT2D eigenvalue weighted by molar-refractivity contribution is -0.111. The Kier molecular flexibility index (Phi) is 5.81. The Balaban J connectivity index is 2.25. The van der Waals surface area contributed by atoms with Gasteiger partial charge in [-0.15, -0.1) is 0 Å². The summed E-state index contributed by atoms with van der Waals surface area (Å²) in [5.74, 6) is 0.589. The predicted octanol–water partition coefficient (Wildman–Crippen LogP) is 3.33. The molecule has 0 spiro atoms. The number of nitriles is 1. The molecular formula is C19H18N2O5. The summed E-state index contributed by atoms with van der Waals surface area (Å²) in [5, 5.41) is 11.7. The van der Waals surface area contributed by atoms with E-state index in [0.29, 0.717) is 17.1 Å². The van der Waals surface area contributed by atoms with Crippen LogP contribution in [0.5, 0.6) is 11.5 Å². The van der Waals surface area contributed by atoms with Gasteiger partial charge >= 0.3 is 0 Å². The van der Waals surface area contributed by atoms with Crippen molar-refractivity contribution < 1.29 is 23.5 Å². The lowest BCUT2D eigenvalue weighted by Crippen LogP contribution is -2.08. The molecule has 0 bridgehead atoms. The largest absolute Gasteiger partial charge is 0.497 e. The summed E-state index contributed by atoms with van der Waals surface area (Å²) >= 11 is 0. The van der Waals surface area contributed by atoms with Crippen LogP contribution in [-0.4, -0.2) is 25.9 Å². The Morgan fingerprint density at radius 1 is 1.27 bits per heavy atom. The van der Waals surface area contributed by atoms with Crippen LogP contribution in [0.15, 0.2) is 28.7 Å². The number of hydrogen-bond donors (Lipinski definition) is 1. The third kappa shape index (κ3) is 3.92. The SMILES string of the molecule is COc1ccc(OC)c(/C=C/C(=O)Nc2oc(C)c(C(C)=O)c2C#N)c1. The first kappa shape index (κ1) is 18.8.